The fourth-order valence-corrected chi connectivity index (χ4v) is 2.30. The Kier molecular flexibility index (Phi) is 2.13. The minimum Gasteiger partial charge on any atom is -0.356 e. The highest BCUT2D eigenvalue weighted by Gasteiger charge is 2.14. The minimum atomic E-state index is 0.576. The molecule has 1 aliphatic rings. The van der Waals surface area contributed by atoms with E-state index in [4.69, 9.17) is 0 Å². The van der Waals surface area contributed by atoms with Crippen molar-refractivity contribution in [3.63, 3.8) is 0 Å². The molecule has 0 unspecified atom stereocenters. The van der Waals surface area contributed by atoms with Gasteiger partial charge in [-0.25, -0.2) is 4.98 Å². The third-order valence-corrected chi connectivity index (χ3v) is 3.28. The van der Waals surface area contributed by atoms with Crippen LogP contribution in [0.4, 0.5) is 5.95 Å². The molecule has 3 heteroatoms. The first-order valence-electron chi connectivity index (χ1n) is 6.00. The zero-order valence-electron chi connectivity index (χ0n) is 9.83. The summed E-state index contributed by atoms with van der Waals surface area (Å²) in [5, 5.41) is 3.35. The lowest BCUT2D eigenvalue weighted by Crippen LogP contribution is -2.16. The fourth-order valence-electron chi connectivity index (χ4n) is 2.30. The topological polar surface area (TPSA) is 29.9 Å². The number of benzene rings is 1. The predicted molar refractivity (Wildman–Crippen MR) is 66.9 cm³/mol. The molecule has 3 rings (SSSR count). The average Bonchev–Trinajstić information content (AvgIpc) is 2.66. The summed E-state index contributed by atoms with van der Waals surface area (Å²) in [6, 6.07) is 6.60. The highest BCUT2D eigenvalue weighted by molar-refractivity contribution is 5.79. The monoisotopic (exact) mass is 215 g/mol. The van der Waals surface area contributed by atoms with Gasteiger partial charge in [0.15, 0.2) is 0 Å². The van der Waals surface area contributed by atoms with Gasteiger partial charge in [-0.05, 0) is 30.0 Å². The van der Waals surface area contributed by atoms with Gasteiger partial charge in [-0.2, -0.15) is 0 Å². The standard InChI is InChI=1S/C13H17N3/c1-9(2)10-4-5-11-12(8-10)16-7-3-6-14-13(16)15-11/h4-5,8-9H,3,6-7H2,1-2H3,(H,14,15). The summed E-state index contributed by atoms with van der Waals surface area (Å²) in [5.41, 5.74) is 3.77. The lowest BCUT2D eigenvalue weighted by molar-refractivity contribution is 0.642. The first-order valence-corrected chi connectivity index (χ1v) is 6.00. The maximum atomic E-state index is 4.61. The molecule has 1 aromatic heterocycles. The molecule has 0 saturated carbocycles. The number of fused-ring (bicyclic) bond motifs is 3. The van der Waals surface area contributed by atoms with Crippen LogP contribution in [0.25, 0.3) is 11.0 Å². The largest absolute Gasteiger partial charge is 0.356 e. The highest BCUT2D eigenvalue weighted by atomic mass is 15.2. The Morgan fingerprint density at radius 1 is 1.38 bits per heavy atom. The van der Waals surface area contributed by atoms with Crippen molar-refractivity contribution in [2.24, 2.45) is 0 Å². The van der Waals surface area contributed by atoms with Crippen LogP contribution in [0.15, 0.2) is 18.2 Å². The van der Waals surface area contributed by atoms with Gasteiger partial charge in [0.1, 0.15) is 0 Å². The Hall–Kier alpha value is -1.51. The van der Waals surface area contributed by atoms with Crippen molar-refractivity contribution in [1.82, 2.24) is 9.55 Å². The molecule has 1 aliphatic heterocycles. The van der Waals surface area contributed by atoms with Gasteiger partial charge in [-0.15, -0.1) is 0 Å². The lowest BCUT2D eigenvalue weighted by atomic mass is 10.0. The molecule has 0 amide bonds. The Balaban J connectivity index is 2.21. The molecule has 0 fully saturated rings. The van der Waals surface area contributed by atoms with E-state index in [1.807, 2.05) is 0 Å². The van der Waals surface area contributed by atoms with Gasteiger partial charge in [0, 0.05) is 13.1 Å². The van der Waals surface area contributed by atoms with Crippen LogP contribution in [0.1, 0.15) is 31.7 Å². The molecule has 0 spiro atoms. The molecule has 2 aromatic rings. The summed E-state index contributed by atoms with van der Waals surface area (Å²) in [6.45, 7) is 6.58. The second kappa shape index (κ2) is 3.51. The third-order valence-electron chi connectivity index (χ3n) is 3.28. The number of aromatic nitrogens is 2. The maximum Gasteiger partial charge on any atom is 0.203 e. The average molecular weight is 215 g/mol. The zero-order chi connectivity index (χ0) is 11.1. The Morgan fingerprint density at radius 3 is 3.06 bits per heavy atom. The quantitative estimate of drug-likeness (QED) is 0.792. The molecular formula is C13H17N3. The molecule has 84 valence electrons. The summed E-state index contributed by atoms with van der Waals surface area (Å²) in [7, 11) is 0. The number of rotatable bonds is 1. The Labute approximate surface area is 95.5 Å². The van der Waals surface area contributed by atoms with E-state index in [1.54, 1.807) is 0 Å². The molecule has 0 bridgehead atoms. The summed E-state index contributed by atoms with van der Waals surface area (Å²) >= 11 is 0. The van der Waals surface area contributed by atoms with Crippen molar-refractivity contribution in [2.45, 2.75) is 32.7 Å². The highest BCUT2D eigenvalue weighted by Crippen LogP contribution is 2.26. The van der Waals surface area contributed by atoms with E-state index < -0.39 is 0 Å². The van der Waals surface area contributed by atoms with Crippen LogP contribution in [0.3, 0.4) is 0 Å². The lowest BCUT2D eigenvalue weighted by Gasteiger charge is -2.16. The van der Waals surface area contributed by atoms with Crippen LogP contribution >= 0.6 is 0 Å². The molecular weight excluding hydrogens is 198 g/mol. The molecule has 1 aromatic carbocycles. The first-order chi connectivity index (χ1) is 7.75. The van der Waals surface area contributed by atoms with Crippen LogP contribution in [0.5, 0.6) is 0 Å². The summed E-state index contributed by atoms with van der Waals surface area (Å²) in [4.78, 5) is 4.61. The van der Waals surface area contributed by atoms with Gasteiger partial charge in [-0.3, -0.25) is 0 Å². The second-order valence-corrected chi connectivity index (χ2v) is 4.77. The van der Waals surface area contributed by atoms with Gasteiger partial charge in [0.2, 0.25) is 5.95 Å². The van der Waals surface area contributed by atoms with Gasteiger partial charge >= 0.3 is 0 Å². The normalized spacial score (nSPS) is 15.2. The van der Waals surface area contributed by atoms with Gasteiger partial charge in [0.05, 0.1) is 11.0 Å². The van der Waals surface area contributed by atoms with Crippen molar-refractivity contribution in [3.05, 3.63) is 23.8 Å². The molecule has 1 N–H and O–H groups in total. The fraction of sp³-hybridized carbons (Fsp3) is 0.462. The first kappa shape index (κ1) is 9.70. The predicted octanol–water partition coefficient (Wildman–Crippen LogP) is 2.98. The Morgan fingerprint density at radius 2 is 2.25 bits per heavy atom. The number of hydrogen-bond acceptors (Lipinski definition) is 2. The van der Waals surface area contributed by atoms with E-state index >= 15 is 0 Å². The van der Waals surface area contributed by atoms with Crippen molar-refractivity contribution in [2.75, 3.05) is 11.9 Å². The zero-order valence-corrected chi connectivity index (χ0v) is 9.83. The number of nitrogens with zero attached hydrogens (tertiary/aromatic N) is 2. The van der Waals surface area contributed by atoms with E-state index in [-0.39, 0.29) is 0 Å². The van der Waals surface area contributed by atoms with Crippen LogP contribution in [0.2, 0.25) is 0 Å². The Bertz CT molecular complexity index is 525. The van der Waals surface area contributed by atoms with Crippen molar-refractivity contribution in [1.29, 1.82) is 0 Å². The number of hydrogen-bond donors (Lipinski definition) is 1. The van der Waals surface area contributed by atoms with Gasteiger partial charge in [0.25, 0.3) is 0 Å². The maximum absolute atomic E-state index is 4.61. The number of nitrogens with one attached hydrogen (secondary N) is 1. The second-order valence-electron chi connectivity index (χ2n) is 4.77. The van der Waals surface area contributed by atoms with E-state index in [0.717, 1.165) is 24.6 Å². The van der Waals surface area contributed by atoms with Crippen molar-refractivity contribution < 1.29 is 0 Å². The smallest absolute Gasteiger partial charge is 0.203 e. The number of aryl methyl sites for hydroxylation is 1. The van der Waals surface area contributed by atoms with Crippen LogP contribution in [0, 0.1) is 0 Å². The van der Waals surface area contributed by atoms with Crippen molar-refractivity contribution in [3.8, 4) is 0 Å². The molecule has 16 heavy (non-hydrogen) atoms. The summed E-state index contributed by atoms with van der Waals surface area (Å²) in [6.07, 6.45) is 1.18. The van der Waals surface area contributed by atoms with Gasteiger partial charge < -0.3 is 9.88 Å². The van der Waals surface area contributed by atoms with Gasteiger partial charge in [-0.1, -0.05) is 19.9 Å². The summed E-state index contributed by atoms with van der Waals surface area (Å²) in [5.74, 6) is 1.61. The molecule has 0 atom stereocenters. The van der Waals surface area contributed by atoms with E-state index in [0.29, 0.717) is 5.92 Å². The van der Waals surface area contributed by atoms with Crippen LogP contribution in [-0.4, -0.2) is 16.1 Å². The van der Waals surface area contributed by atoms with E-state index in [1.165, 1.54) is 17.5 Å². The van der Waals surface area contributed by atoms with Crippen LogP contribution < -0.4 is 5.32 Å². The molecule has 2 heterocycles. The van der Waals surface area contributed by atoms with E-state index in [9.17, 15) is 0 Å². The molecule has 3 nitrogen and oxygen atoms in total. The molecule has 0 aliphatic carbocycles. The summed E-state index contributed by atoms with van der Waals surface area (Å²) < 4.78 is 2.30. The SMILES string of the molecule is CC(C)c1ccc2nc3n(c2c1)CCCN3. The molecule has 0 radical (unpaired) electrons. The third kappa shape index (κ3) is 1.39. The van der Waals surface area contributed by atoms with Crippen molar-refractivity contribution >= 4 is 17.0 Å². The van der Waals surface area contributed by atoms with Crippen LogP contribution in [-0.2, 0) is 6.54 Å². The number of imidazole rings is 1. The molecule has 0 saturated heterocycles. The number of anilines is 1. The minimum absolute atomic E-state index is 0.576. The van der Waals surface area contributed by atoms with E-state index in [2.05, 4.69) is 46.9 Å².